The molecule has 1 aromatic rings. The number of carbonyl (C=O) groups is 1. The fourth-order valence-electron chi connectivity index (χ4n) is 1.17. The summed E-state index contributed by atoms with van der Waals surface area (Å²) in [5.74, 6) is -0.399. The fraction of sp³-hybridized carbons (Fsp3) is 0.364. The monoisotopic (exact) mass is 195 g/mol. The topological polar surface area (TPSA) is 29.1 Å². The number of anilines is 1. The second-order valence-corrected chi connectivity index (χ2v) is 3.26. The first kappa shape index (κ1) is 10.7. The standard InChI is InChI=1S/C11H14FNO/c1-3-4-11(14)13-10-7-9(12)6-5-8(10)2/h5-7H,3-4H2,1-2H3,(H,13,14). The van der Waals surface area contributed by atoms with E-state index in [4.69, 9.17) is 0 Å². The molecule has 0 spiro atoms. The van der Waals surface area contributed by atoms with E-state index in [-0.39, 0.29) is 11.7 Å². The summed E-state index contributed by atoms with van der Waals surface area (Å²) in [6.07, 6.45) is 1.26. The Labute approximate surface area is 83.1 Å². The van der Waals surface area contributed by atoms with Crippen LogP contribution in [-0.2, 0) is 4.79 Å². The number of carbonyl (C=O) groups excluding carboxylic acids is 1. The molecule has 1 rings (SSSR count). The molecule has 2 nitrogen and oxygen atoms in total. The van der Waals surface area contributed by atoms with Crippen LogP contribution < -0.4 is 5.32 Å². The van der Waals surface area contributed by atoms with Crippen molar-refractivity contribution in [3.8, 4) is 0 Å². The molecule has 0 bridgehead atoms. The second-order valence-electron chi connectivity index (χ2n) is 3.26. The number of rotatable bonds is 3. The molecule has 0 radical (unpaired) electrons. The van der Waals surface area contributed by atoms with Crippen molar-refractivity contribution in [1.82, 2.24) is 0 Å². The molecule has 0 heterocycles. The van der Waals surface area contributed by atoms with Gasteiger partial charge in [-0.2, -0.15) is 0 Å². The molecule has 0 aliphatic rings. The Kier molecular flexibility index (Phi) is 3.63. The highest BCUT2D eigenvalue weighted by Crippen LogP contribution is 2.16. The van der Waals surface area contributed by atoms with Crippen molar-refractivity contribution in [2.75, 3.05) is 5.32 Å². The summed E-state index contributed by atoms with van der Waals surface area (Å²) >= 11 is 0. The molecule has 0 aromatic heterocycles. The summed E-state index contributed by atoms with van der Waals surface area (Å²) in [4.78, 5) is 11.2. The average molecular weight is 195 g/mol. The highest BCUT2D eigenvalue weighted by atomic mass is 19.1. The van der Waals surface area contributed by atoms with Gasteiger partial charge >= 0.3 is 0 Å². The third-order valence-electron chi connectivity index (χ3n) is 1.95. The van der Waals surface area contributed by atoms with Crippen LogP contribution in [0.2, 0.25) is 0 Å². The average Bonchev–Trinajstić information content (AvgIpc) is 2.12. The minimum Gasteiger partial charge on any atom is -0.326 e. The van der Waals surface area contributed by atoms with Crippen molar-refractivity contribution in [3.05, 3.63) is 29.6 Å². The Morgan fingerprint density at radius 2 is 2.21 bits per heavy atom. The molecule has 0 unspecified atom stereocenters. The molecule has 0 saturated heterocycles. The van der Waals surface area contributed by atoms with E-state index in [0.717, 1.165) is 12.0 Å². The zero-order chi connectivity index (χ0) is 10.6. The Bertz CT molecular complexity index is 336. The Hall–Kier alpha value is -1.38. The lowest BCUT2D eigenvalue weighted by atomic mass is 10.2. The number of aryl methyl sites for hydroxylation is 1. The second kappa shape index (κ2) is 4.74. The maximum absolute atomic E-state index is 12.8. The Morgan fingerprint density at radius 1 is 1.50 bits per heavy atom. The van der Waals surface area contributed by atoms with Gasteiger partial charge in [0.2, 0.25) is 5.91 Å². The predicted octanol–water partition coefficient (Wildman–Crippen LogP) is 2.87. The molecule has 1 amide bonds. The van der Waals surface area contributed by atoms with Crippen LogP contribution in [0.25, 0.3) is 0 Å². The van der Waals surface area contributed by atoms with Gasteiger partial charge in [-0.1, -0.05) is 13.0 Å². The predicted molar refractivity (Wildman–Crippen MR) is 54.7 cm³/mol. The van der Waals surface area contributed by atoms with E-state index < -0.39 is 0 Å². The first-order valence-corrected chi connectivity index (χ1v) is 4.69. The lowest BCUT2D eigenvalue weighted by Crippen LogP contribution is -2.11. The molecule has 1 N–H and O–H groups in total. The minimum atomic E-state index is -0.331. The summed E-state index contributed by atoms with van der Waals surface area (Å²) in [6.45, 7) is 3.76. The van der Waals surface area contributed by atoms with Gasteiger partial charge in [0.15, 0.2) is 0 Å². The quantitative estimate of drug-likeness (QED) is 0.789. The Balaban J connectivity index is 2.75. The van der Waals surface area contributed by atoms with E-state index in [1.165, 1.54) is 12.1 Å². The smallest absolute Gasteiger partial charge is 0.224 e. The molecule has 0 aliphatic heterocycles. The van der Waals surface area contributed by atoms with Gasteiger partial charge in [-0.3, -0.25) is 4.79 Å². The lowest BCUT2D eigenvalue weighted by Gasteiger charge is -2.07. The van der Waals surface area contributed by atoms with Crippen LogP contribution in [0.4, 0.5) is 10.1 Å². The molecule has 1 aromatic carbocycles. The van der Waals surface area contributed by atoms with Crippen molar-refractivity contribution < 1.29 is 9.18 Å². The maximum Gasteiger partial charge on any atom is 0.224 e. The van der Waals surface area contributed by atoms with Crippen LogP contribution in [0.1, 0.15) is 25.3 Å². The molecule has 0 fully saturated rings. The SMILES string of the molecule is CCCC(=O)Nc1cc(F)ccc1C. The first-order chi connectivity index (χ1) is 6.63. The molecule has 14 heavy (non-hydrogen) atoms. The highest BCUT2D eigenvalue weighted by molar-refractivity contribution is 5.91. The molecular formula is C11H14FNO. The maximum atomic E-state index is 12.8. The van der Waals surface area contributed by atoms with Crippen LogP contribution in [-0.4, -0.2) is 5.91 Å². The largest absolute Gasteiger partial charge is 0.326 e. The van der Waals surface area contributed by atoms with E-state index in [1.807, 2.05) is 13.8 Å². The van der Waals surface area contributed by atoms with Crippen LogP contribution in [0.15, 0.2) is 18.2 Å². The van der Waals surface area contributed by atoms with E-state index in [9.17, 15) is 9.18 Å². The highest BCUT2D eigenvalue weighted by Gasteiger charge is 2.04. The summed E-state index contributed by atoms with van der Waals surface area (Å²) in [7, 11) is 0. The Morgan fingerprint density at radius 3 is 2.86 bits per heavy atom. The van der Waals surface area contributed by atoms with Crippen molar-refractivity contribution in [3.63, 3.8) is 0 Å². The zero-order valence-electron chi connectivity index (χ0n) is 8.43. The number of halogens is 1. The van der Waals surface area contributed by atoms with E-state index in [2.05, 4.69) is 5.32 Å². The molecule has 0 saturated carbocycles. The summed E-state index contributed by atoms with van der Waals surface area (Å²) in [6, 6.07) is 4.37. The zero-order valence-corrected chi connectivity index (χ0v) is 8.43. The summed E-state index contributed by atoms with van der Waals surface area (Å²) < 4.78 is 12.8. The summed E-state index contributed by atoms with van der Waals surface area (Å²) in [5, 5.41) is 2.67. The van der Waals surface area contributed by atoms with Crippen molar-refractivity contribution >= 4 is 11.6 Å². The van der Waals surface area contributed by atoms with Gasteiger partial charge in [0.25, 0.3) is 0 Å². The number of benzene rings is 1. The third kappa shape index (κ3) is 2.83. The van der Waals surface area contributed by atoms with Gasteiger partial charge < -0.3 is 5.32 Å². The number of hydrogen-bond acceptors (Lipinski definition) is 1. The number of nitrogens with one attached hydrogen (secondary N) is 1. The van der Waals surface area contributed by atoms with Gasteiger partial charge in [0.05, 0.1) is 0 Å². The fourth-order valence-corrected chi connectivity index (χ4v) is 1.17. The van der Waals surface area contributed by atoms with Gasteiger partial charge in [-0.05, 0) is 31.0 Å². The van der Waals surface area contributed by atoms with Crippen LogP contribution in [0.3, 0.4) is 0 Å². The molecule has 3 heteroatoms. The molecule has 76 valence electrons. The molecule has 0 atom stereocenters. The number of amides is 1. The van der Waals surface area contributed by atoms with Crippen molar-refractivity contribution in [2.24, 2.45) is 0 Å². The normalized spacial score (nSPS) is 9.93. The van der Waals surface area contributed by atoms with Gasteiger partial charge in [-0.15, -0.1) is 0 Å². The van der Waals surface area contributed by atoms with Gasteiger partial charge in [0, 0.05) is 12.1 Å². The summed E-state index contributed by atoms with van der Waals surface area (Å²) in [5.41, 5.74) is 1.43. The van der Waals surface area contributed by atoms with E-state index in [1.54, 1.807) is 6.07 Å². The van der Waals surface area contributed by atoms with Crippen molar-refractivity contribution in [2.45, 2.75) is 26.7 Å². The van der Waals surface area contributed by atoms with E-state index >= 15 is 0 Å². The number of hydrogen-bond donors (Lipinski definition) is 1. The molecule has 0 aliphatic carbocycles. The molecular weight excluding hydrogens is 181 g/mol. The van der Waals surface area contributed by atoms with Crippen LogP contribution >= 0.6 is 0 Å². The van der Waals surface area contributed by atoms with E-state index in [0.29, 0.717) is 12.1 Å². The third-order valence-corrected chi connectivity index (χ3v) is 1.95. The van der Waals surface area contributed by atoms with Crippen LogP contribution in [0.5, 0.6) is 0 Å². The minimum absolute atomic E-state index is 0.0683. The lowest BCUT2D eigenvalue weighted by molar-refractivity contribution is -0.116. The van der Waals surface area contributed by atoms with Crippen molar-refractivity contribution in [1.29, 1.82) is 0 Å². The van der Waals surface area contributed by atoms with Gasteiger partial charge in [0.1, 0.15) is 5.82 Å². The van der Waals surface area contributed by atoms with Crippen LogP contribution in [0, 0.1) is 12.7 Å². The first-order valence-electron chi connectivity index (χ1n) is 4.69. The van der Waals surface area contributed by atoms with Gasteiger partial charge in [-0.25, -0.2) is 4.39 Å².